The Kier molecular flexibility index (Phi) is 2.86. The second kappa shape index (κ2) is 4.54. The van der Waals surface area contributed by atoms with E-state index in [1.165, 1.54) is 18.9 Å². The largest absolute Gasteiger partial charge is 0.321 e. The number of carbonyl (C=O) groups is 1. The molecule has 2 saturated carbocycles. The summed E-state index contributed by atoms with van der Waals surface area (Å²) < 4.78 is 13.5. The van der Waals surface area contributed by atoms with Crippen molar-refractivity contribution >= 4 is 5.91 Å². The SMILES string of the molecule is CC(CN1C(=O)C2(CC2)NC1c1cccc(F)c1)C1CC1. The molecule has 3 nitrogen and oxygen atoms in total. The van der Waals surface area contributed by atoms with Crippen molar-refractivity contribution < 1.29 is 9.18 Å². The van der Waals surface area contributed by atoms with Gasteiger partial charge in [-0.1, -0.05) is 19.1 Å². The monoisotopic (exact) mass is 288 g/mol. The first-order valence-electron chi connectivity index (χ1n) is 7.93. The minimum atomic E-state index is -0.347. The predicted molar refractivity (Wildman–Crippen MR) is 77.8 cm³/mol. The van der Waals surface area contributed by atoms with Gasteiger partial charge in [-0.2, -0.15) is 0 Å². The normalized spacial score (nSPS) is 28.2. The number of halogens is 1. The second-order valence-corrected chi connectivity index (χ2v) is 6.96. The molecule has 0 bridgehead atoms. The summed E-state index contributed by atoms with van der Waals surface area (Å²) in [6.45, 7) is 3.00. The molecule has 1 aliphatic heterocycles. The van der Waals surface area contributed by atoms with Crippen LogP contribution >= 0.6 is 0 Å². The first kappa shape index (κ1) is 13.3. The maximum Gasteiger partial charge on any atom is 0.244 e. The third kappa shape index (κ3) is 2.26. The van der Waals surface area contributed by atoms with Gasteiger partial charge in [0.1, 0.15) is 17.5 Å². The van der Waals surface area contributed by atoms with E-state index in [-0.39, 0.29) is 23.4 Å². The number of rotatable bonds is 4. The van der Waals surface area contributed by atoms with E-state index in [4.69, 9.17) is 0 Å². The number of hydrogen-bond acceptors (Lipinski definition) is 2. The lowest BCUT2D eigenvalue weighted by molar-refractivity contribution is -0.131. The molecule has 112 valence electrons. The maximum atomic E-state index is 13.5. The molecular weight excluding hydrogens is 267 g/mol. The zero-order chi connectivity index (χ0) is 14.6. The number of benzene rings is 1. The summed E-state index contributed by atoms with van der Waals surface area (Å²) in [7, 11) is 0. The highest BCUT2D eigenvalue weighted by Gasteiger charge is 2.59. The van der Waals surface area contributed by atoms with Gasteiger partial charge in [-0.15, -0.1) is 0 Å². The Labute approximate surface area is 124 Å². The smallest absolute Gasteiger partial charge is 0.244 e. The Balaban J connectivity index is 1.61. The van der Waals surface area contributed by atoms with Crippen molar-refractivity contribution in [1.82, 2.24) is 10.2 Å². The van der Waals surface area contributed by atoms with E-state index in [9.17, 15) is 9.18 Å². The average molecular weight is 288 g/mol. The fraction of sp³-hybridized carbons (Fsp3) is 0.588. The first-order valence-corrected chi connectivity index (χ1v) is 7.93. The molecule has 1 N–H and O–H groups in total. The van der Waals surface area contributed by atoms with E-state index in [0.717, 1.165) is 30.9 Å². The van der Waals surface area contributed by atoms with Crippen LogP contribution in [0.4, 0.5) is 4.39 Å². The number of carbonyl (C=O) groups excluding carboxylic acids is 1. The molecule has 1 aromatic rings. The molecule has 1 amide bonds. The molecule has 2 atom stereocenters. The minimum Gasteiger partial charge on any atom is -0.321 e. The predicted octanol–water partition coefficient (Wildman–Crippen LogP) is 2.83. The molecule has 3 fully saturated rings. The van der Waals surface area contributed by atoms with Crippen LogP contribution < -0.4 is 5.32 Å². The van der Waals surface area contributed by atoms with Crippen LogP contribution in [0.2, 0.25) is 0 Å². The Morgan fingerprint density at radius 1 is 1.43 bits per heavy atom. The number of hydrogen-bond donors (Lipinski definition) is 1. The van der Waals surface area contributed by atoms with Crippen molar-refractivity contribution in [3.05, 3.63) is 35.6 Å². The maximum absolute atomic E-state index is 13.5. The minimum absolute atomic E-state index is 0.170. The van der Waals surface area contributed by atoms with Crippen molar-refractivity contribution in [2.75, 3.05) is 6.54 Å². The Bertz CT molecular complexity index is 580. The molecule has 4 heteroatoms. The molecule has 0 aromatic heterocycles. The number of amides is 1. The van der Waals surface area contributed by atoms with Gasteiger partial charge >= 0.3 is 0 Å². The van der Waals surface area contributed by atoms with Crippen LogP contribution in [0.1, 0.15) is 44.3 Å². The summed E-state index contributed by atoms with van der Waals surface area (Å²) in [6, 6.07) is 6.62. The van der Waals surface area contributed by atoms with E-state index in [0.29, 0.717) is 5.92 Å². The zero-order valence-electron chi connectivity index (χ0n) is 12.3. The van der Waals surface area contributed by atoms with E-state index in [2.05, 4.69) is 12.2 Å². The van der Waals surface area contributed by atoms with Crippen LogP contribution in [0, 0.1) is 17.7 Å². The second-order valence-electron chi connectivity index (χ2n) is 6.96. The van der Waals surface area contributed by atoms with Crippen LogP contribution in [0.25, 0.3) is 0 Å². The van der Waals surface area contributed by atoms with Gasteiger partial charge in [0.15, 0.2) is 0 Å². The zero-order valence-corrected chi connectivity index (χ0v) is 12.3. The van der Waals surface area contributed by atoms with E-state index in [1.807, 2.05) is 11.0 Å². The molecule has 1 aromatic carbocycles. The van der Waals surface area contributed by atoms with Gasteiger partial charge in [-0.25, -0.2) is 4.39 Å². The van der Waals surface area contributed by atoms with Gasteiger partial charge in [0, 0.05) is 6.54 Å². The summed E-state index contributed by atoms with van der Waals surface area (Å²) >= 11 is 0. The van der Waals surface area contributed by atoms with E-state index < -0.39 is 0 Å². The summed E-state index contributed by atoms with van der Waals surface area (Å²) in [5, 5.41) is 3.46. The van der Waals surface area contributed by atoms with Gasteiger partial charge in [0.25, 0.3) is 0 Å². The molecule has 21 heavy (non-hydrogen) atoms. The fourth-order valence-electron chi connectivity index (χ4n) is 3.53. The standard InChI is InChI=1S/C17H21FN2O/c1-11(12-5-6-12)10-20-15(13-3-2-4-14(18)9-13)19-17(7-8-17)16(20)21/h2-4,9,11-12,15,19H,5-8,10H2,1H3. The van der Waals surface area contributed by atoms with Crippen LogP contribution in [-0.2, 0) is 4.79 Å². The molecule has 2 aliphatic carbocycles. The molecule has 0 radical (unpaired) electrons. The quantitative estimate of drug-likeness (QED) is 0.924. The number of nitrogens with one attached hydrogen (secondary N) is 1. The van der Waals surface area contributed by atoms with E-state index >= 15 is 0 Å². The molecule has 1 saturated heterocycles. The van der Waals surface area contributed by atoms with Crippen molar-refractivity contribution in [3.63, 3.8) is 0 Å². The highest BCUT2D eigenvalue weighted by Crippen LogP contribution is 2.47. The van der Waals surface area contributed by atoms with Crippen molar-refractivity contribution in [2.45, 2.75) is 44.3 Å². The molecular formula is C17H21FN2O. The highest BCUT2D eigenvalue weighted by atomic mass is 19.1. The van der Waals surface area contributed by atoms with Gasteiger partial charge in [-0.05, 0) is 55.2 Å². The molecule has 1 heterocycles. The molecule has 1 spiro atoms. The Morgan fingerprint density at radius 3 is 2.81 bits per heavy atom. The van der Waals surface area contributed by atoms with Crippen molar-refractivity contribution in [2.24, 2.45) is 11.8 Å². The number of nitrogens with zero attached hydrogens (tertiary/aromatic N) is 1. The Morgan fingerprint density at radius 2 is 2.19 bits per heavy atom. The summed E-state index contributed by atoms with van der Waals surface area (Å²) in [5.41, 5.74) is 0.510. The summed E-state index contributed by atoms with van der Waals surface area (Å²) in [4.78, 5) is 14.7. The summed E-state index contributed by atoms with van der Waals surface area (Å²) in [5.74, 6) is 1.26. The van der Waals surface area contributed by atoms with Gasteiger partial charge in [-0.3, -0.25) is 10.1 Å². The van der Waals surface area contributed by atoms with Crippen molar-refractivity contribution in [3.8, 4) is 0 Å². The first-order chi connectivity index (χ1) is 10.1. The van der Waals surface area contributed by atoms with Crippen LogP contribution in [0.5, 0.6) is 0 Å². The van der Waals surface area contributed by atoms with Gasteiger partial charge in [0.2, 0.25) is 5.91 Å². The third-order valence-corrected chi connectivity index (χ3v) is 5.22. The lowest BCUT2D eigenvalue weighted by atomic mass is 10.0. The third-order valence-electron chi connectivity index (χ3n) is 5.22. The molecule has 2 unspecified atom stereocenters. The summed E-state index contributed by atoms with van der Waals surface area (Å²) in [6.07, 6.45) is 4.22. The van der Waals surface area contributed by atoms with Gasteiger partial charge in [0.05, 0.1) is 0 Å². The van der Waals surface area contributed by atoms with Crippen LogP contribution in [-0.4, -0.2) is 22.9 Å². The highest BCUT2D eigenvalue weighted by molar-refractivity contribution is 5.92. The lowest BCUT2D eigenvalue weighted by Crippen LogP contribution is -2.35. The van der Waals surface area contributed by atoms with E-state index in [1.54, 1.807) is 12.1 Å². The fourth-order valence-corrected chi connectivity index (χ4v) is 3.53. The average Bonchev–Trinajstić information content (AvgIpc) is 3.35. The molecule has 3 aliphatic rings. The topological polar surface area (TPSA) is 32.3 Å². The van der Waals surface area contributed by atoms with Gasteiger partial charge < -0.3 is 4.90 Å². The van der Waals surface area contributed by atoms with Crippen LogP contribution in [0.3, 0.4) is 0 Å². The van der Waals surface area contributed by atoms with Crippen molar-refractivity contribution in [1.29, 1.82) is 0 Å². The van der Waals surface area contributed by atoms with Crippen LogP contribution in [0.15, 0.2) is 24.3 Å². The Hall–Kier alpha value is -1.42. The molecule has 4 rings (SSSR count). The lowest BCUT2D eigenvalue weighted by Gasteiger charge is -2.27.